The van der Waals surface area contributed by atoms with E-state index in [4.69, 9.17) is 18.9 Å². The van der Waals surface area contributed by atoms with Gasteiger partial charge < -0.3 is 34.5 Å². The maximum Gasteiger partial charge on any atom is 0.322 e. The Morgan fingerprint density at radius 2 is 0.938 bits per heavy atom. The van der Waals surface area contributed by atoms with Gasteiger partial charge in [0.1, 0.15) is 31.3 Å². The average Bonchev–Trinajstić information content (AvgIpc) is 3.31. The van der Waals surface area contributed by atoms with Crippen molar-refractivity contribution in [3.8, 4) is 23.0 Å². The number of unbranched alkanes of at least 4 members (excludes halogenated alkanes) is 16. The summed E-state index contributed by atoms with van der Waals surface area (Å²) in [7, 11) is 0. The van der Waals surface area contributed by atoms with E-state index >= 15 is 0 Å². The fraction of sp³-hybridized carbons (Fsp3) is 0.464. The molecule has 0 fully saturated rings. The van der Waals surface area contributed by atoms with Crippen molar-refractivity contribution >= 4 is 28.4 Å². The van der Waals surface area contributed by atoms with Crippen molar-refractivity contribution in [2.45, 2.75) is 149 Å². The van der Waals surface area contributed by atoms with Crippen LogP contribution < -0.4 is 24.3 Å². The molecule has 0 amide bonds. The summed E-state index contributed by atoms with van der Waals surface area (Å²) < 4.78 is 25.1. The number of carboxylic acid groups (broad SMARTS) is 2. The number of anilines is 1. The Balaban J connectivity index is 1.10. The molecule has 0 heterocycles. The molecule has 0 aromatic heterocycles. The fourth-order valence-electron chi connectivity index (χ4n) is 8.09. The molecule has 0 unspecified atom stereocenters. The lowest BCUT2D eigenvalue weighted by Gasteiger charge is -2.18. The molecule has 0 aliphatic heterocycles. The second-order valence-corrected chi connectivity index (χ2v) is 17.3. The van der Waals surface area contributed by atoms with Gasteiger partial charge in [0.15, 0.2) is 11.5 Å². The summed E-state index contributed by atoms with van der Waals surface area (Å²) in [6, 6.07) is 34.1. The van der Waals surface area contributed by atoms with Crippen LogP contribution in [0, 0.1) is 0 Å². The summed E-state index contributed by atoms with van der Waals surface area (Å²) in [5, 5.41) is 24.2. The number of carbonyl (C=O) groups is 2. The number of rotatable bonds is 35. The van der Waals surface area contributed by atoms with Gasteiger partial charge in [0, 0.05) is 23.4 Å². The Hall–Kier alpha value is -5.70. The molecule has 0 saturated carbocycles. The minimum absolute atomic E-state index is 0.268. The number of benzene rings is 5. The normalized spacial score (nSPS) is 11.1. The Kier molecular flexibility index (Phi) is 23.0. The molecule has 5 rings (SSSR count). The number of carboxylic acids is 2. The lowest BCUT2D eigenvalue weighted by Crippen LogP contribution is -2.14. The smallest absolute Gasteiger partial charge is 0.322 e. The molecule has 0 atom stereocenters. The molecule has 3 N–H and O–H groups in total. The molecule has 9 heteroatoms. The first-order valence-corrected chi connectivity index (χ1v) is 24.4. The quantitative estimate of drug-likeness (QED) is 0.0341. The van der Waals surface area contributed by atoms with Crippen LogP contribution in [0.25, 0.3) is 10.8 Å². The molecule has 0 bridgehead atoms. The number of aryl methyl sites for hydroxylation is 1. The molecule has 5 aromatic carbocycles. The van der Waals surface area contributed by atoms with E-state index in [1.165, 1.54) is 89.0 Å². The number of hydrogen-bond donors (Lipinski definition) is 3. The second kappa shape index (κ2) is 29.7. The summed E-state index contributed by atoms with van der Waals surface area (Å²) in [5.74, 6) is 0.195. The first-order valence-electron chi connectivity index (χ1n) is 24.4. The van der Waals surface area contributed by atoms with E-state index in [2.05, 4.69) is 36.5 Å². The van der Waals surface area contributed by atoms with Crippen molar-refractivity contribution in [3.05, 3.63) is 125 Å². The zero-order valence-electron chi connectivity index (χ0n) is 38.8. The summed E-state index contributed by atoms with van der Waals surface area (Å²) >= 11 is 0. The van der Waals surface area contributed by atoms with Crippen LogP contribution >= 0.6 is 0 Å². The highest BCUT2D eigenvalue weighted by Crippen LogP contribution is 2.36. The number of fused-ring (bicyclic) bond motifs is 1. The highest BCUT2D eigenvalue weighted by atomic mass is 16.5. The third kappa shape index (κ3) is 19.5. The van der Waals surface area contributed by atoms with Crippen molar-refractivity contribution in [2.75, 3.05) is 25.1 Å². The van der Waals surface area contributed by atoms with E-state index in [-0.39, 0.29) is 13.0 Å². The maximum atomic E-state index is 12.0. The Bertz CT molecular complexity index is 2120. The van der Waals surface area contributed by atoms with Gasteiger partial charge in [-0.25, -0.2) is 0 Å². The standard InChI is InChI=1S/C56H73NO8/c1-2-3-4-5-6-7-8-9-10-11-12-13-14-15-16-24-33-62-51-38-49(57-41-56(60)61)39-52(50(51)40-55(58)59)63-34-25-23-26-44-31-32-47-36-53(64-42-45-27-19-17-20-28-45)54(37-48(47)35-44)65-43-46-29-21-18-22-30-46/h17-22,27-32,35-39,57H,2-16,23-26,33-34,40-43H2,1H3,(H,58,59)(H,60,61). The van der Waals surface area contributed by atoms with E-state index in [0.29, 0.717) is 60.7 Å². The molecule has 0 aliphatic rings. The number of ether oxygens (including phenoxy) is 4. The van der Waals surface area contributed by atoms with Crippen LogP contribution in [-0.4, -0.2) is 41.9 Å². The van der Waals surface area contributed by atoms with Gasteiger partial charge in [0.2, 0.25) is 0 Å². The summed E-state index contributed by atoms with van der Waals surface area (Å²) in [4.78, 5) is 23.5. The van der Waals surface area contributed by atoms with E-state index in [1.807, 2.05) is 66.7 Å². The maximum absolute atomic E-state index is 12.0. The van der Waals surface area contributed by atoms with Gasteiger partial charge in [0.25, 0.3) is 0 Å². The predicted molar refractivity (Wildman–Crippen MR) is 263 cm³/mol. The molecule has 350 valence electrons. The van der Waals surface area contributed by atoms with Gasteiger partial charge in [-0.1, -0.05) is 182 Å². The van der Waals surface area contributed by atoms with Gasteiger partial charge in [-0.3, -0.25) is 9.59 Å². The molecule has 0 radical (unpaired) electrons. The molecule has 5 aromatic rings. The third-order valence-electron chi connectivity index (χ3n) is 11.8. The lowest BCUT2D eigenvalue weighted by molar-refractivity contribution is -0.136. The van der Waals surface area contributed by atoms with Crippen LogP contribution in [0.15, 0.2) is 103 Å². The molecule has 0 aliphatic carbocycles. The van der Waals surface area contributed by atoms with Crippen LogP contribution in [-0.2, 0) is 35.6 Å². The zero-order chi connectivity index (χ0) is 45.7. The van der Waals surface area contributed by atoms with E-state index in [0.717, 1.165) is 60.4 Å². The van der Waals surface area contributed by atoms with Crippen molar-refractivity contribution in [2.24, 2.45) is 0 Å². The monoisotopic (exact) mass is 888 g/mol. The van der Waals surface area contributed by atoms with Crippen molar-refractivity contribution in [1.29, 1.82) is 0 Å². The van der Waals surface area contributed by atoms with Gasteiger partial charge >= 0.3 is 11.9 Å². The molecule has 65 heavy (non-hydrogen) atoms. The Morgan fingerprint density at radius 3 is 1.43 bits per heavy atom. The topological polar surface area (TPSA) is 124 Å². The van der Waals surface area contributed by atoms with Crippen LogP contribution in [0.1, 0.15) is 145 Å². The first-order chi connectivity index (χ1) is 31.9. The molecule has 9 nitrogen and oxygen atoms in total. The van der Waals surface area contributed by atoms with Crippen molar-refractivity contribution < 1.29 is 38.7 Å². The lowest BCUT2D eigenvalue weighted by atomic mass is 10.0. The Morgan fingerprint density at radius 1 is 0.462 bits per heavy atom. The molecule has 0 saturated heterocycles. The minimum atomic E-state index is -1.00. The van der Waals surface area contributed by atoms with Gasteiger partial charge in [-0.05, 0) is 65.3 Å². The number of hydrogen-bond acceptors (Lipinski definition) is 7. The number of aliphatic carboxylic acids is 2. The van der Waals surface area contributed by atoms with Crippen LogP contribution in [0.5, 0.6) is 23.0 Å². The Labute approximate surface area is 387 Å². The van der Waals surface area contributed by atoms with E-state index in [1.54, 1.807) is 12.1 Å². The summed E-state index contributed by atoms with van der Waals surface area (Å²) in [6.45, 7) is 3.65. The van der Waals surface area contributed by atoms with Gasteiger partial charge in [-0.15, -0.1) is 0 Å². The molecular weight excluding hydrogens is 815 g/mol. The zero-order valence-corrected chi connectivity index (χ0v) is 38.8. The van der Waals surface area contributed by atoms with Crippen LogP contribution in [0.3, 0.4) is 0 Å². The molecular formula is C56H73NO8. The van der Waals surface area contributed by atoms with E-state index < -0.39 is 11.9 Å². The highest BCUT2D eigenvalue weighted by molar-refractivity contribution is 5.86. The van der Waals surface area contributed by atoms with Gasteiger partial charge in [0.05, 0.1) is 19.6 Å². The predicted octanol–water partition coefficient (Wildman–Crippen LogP) is 14.2. The second-order valence-electron chi connectivity index (χ2n) is 17.3. The minimum Gasteiger partial charge on any atom is -0.493 e. The van der Waals surface area contributed by atoms with Gasteiger partial charge in [-0.2, -0.15) is 0 Å². The van der Waals surface area contributed by atoms with Crippen LogP contribution in [0.2, 0.25) is 0 Å². The van der Waals surface area contributed by atoms with Crippen LogP contribution in [0.4, 0.5) is 5.69 Å². The van der Waals surface area contributed by atoms with Crippen molar-refractivity contribution in [1.82, 2.24) is 0 Å². The summed E-state index contributed by atoms with van der Waals surface area (Å²) in [6.07, 6.45) is 22.6. The summed E-state index contributed by atoms with van der Waals surface area (Å²) in [5.41, 5.74) is 4.30. The first kappa shape index (κ1) is 50.3. The largest absolute Gasteiger partial charge is 0.493 e. The average molecular weight is 888 g/mol. The number of nitrogens with one attached hydrogen (secondary N) is 1. The van der Waals surface area contributed by atoms with Crippen molar-refractivity contribution in [3.63, 3.8) is 0 Å². The third-order valence-corrected chi connectivity index (χ3v) is 11.8. The fourth-order valence-corrected chi connectivity index (χ4v) is 8.09. The van der Waals surface area contributed by atoms with E-state index in [9.17, 15) is 19.8 Å². The molecule has 0 spiro atoms. The SMILES string of the molecule is CCCCCCCCCCCCCCCCCCOc1cc(NCC(=O)O)cc(OCCCCc2ccc3cc(OCc4ccccc4)c(OCc4ccccc4)cc3c2)c1CC(=O)O. The highest BCUT2D eigenvalue weighted by Gasteiger charge is 2.18.